The number of ether oxygens (including phenoxy) is 1. The van der Waals surface area contributed by atoms with Gasteiger partial charge < -0.3 is 25.6 Å². The maximum atomic E-state index is 12.0. The molecule has 152 valence electrons. The number of hydrogen-bond donors (Lipinski definition) is 2. The molecule has 9 heteroatoms. The highest BCUT2D eigenvalue weighted by atomic mass is 127. The summed E-state index contributed by atoms with van der Waals surface area (Å²) in [5.74, 6) is 0.432. The smallest absolute Gasteiger partial charge is 0.410 e. The van der Waals surface area contributed by atoms with Crippen LogP contribution in [0.5, 0.6) is 0 Å². The van der Waals surface area contributed by atoms with Crippen molar-refractivity contribution in [3.05, 3.63) is 0 Å². The average molecular weight is 483 g/mol. The van der Waals surface area contributed by atoms with Crippen LogP contribution in [0.2, 0.25) is 0 Å². The second-order valence-electron chi connectivity index (χ2n) is 8.20. The lowest BCUT2D eigenvalue weighted by Gasteiger charge is -2.36. The minimum absolute atomic E-state index is 0. The van der Waals surface area contributed by atoms with Crippen LogP contribution in [0.4, 0.5) is 4.79 Å². The number of halogens is 1. The van der Waals surface area contributed by atoms with Crippen LogP contribution in [0.1, 0.15) is 41.5 Å². The summed E-state index contributed by atoms with van der Waals surface area (Å²) in [4.78, 5) is 31.7. The highest BCUT2D eigenvalue weighted by molar-refractivity contribution is 14.0. The molecule has 8 nitrogen and oxygen atoms in total. The average Bonchev–Trinajstić information content (AvgIpc) is 2.48. The minimum atomic E-state index is -0.494. The molecule has 0 atom stereocenters. The van der Waals surface area contributed by atoms with Crippen LogP contribution in [0.25, 0.3) is 0 Å². The maximum absolute atomic E-state index is 12.0. The van der Waals surface area contributed by atoms with Crippen molar-refractivity contribution >= 4 is 41.9 Å². The molecule has 1 rings (SSSR count). The summed E-state index contributed by atoms with van der Waals surface area (Å²) in [6.45, 7) is 14.4. The van der Waals surface area contributed by atoms with E-state index < -0.39 is 11.0 Å². The molecule has 0 aliphatic carbocycles. The molecule has 0 aromatic heterocycles. The third-order valence-electron chi connectivity index (χ3n) is 3.61. The fourth-order valence-corrected chi connectivity index (χ4v) is 2.15. The van der Waals surface area contributed by atoms with Crippen molar-refractivity contribution in [2.24, 2.45) is 16.1 Å². The number of nitrogens with one attached hydrogen (secondary N) is 1. The number of guanidine groups is 1. The Morgan fingerprint density at radius 2 is 1.54 bits per heavy atom. The Morgan fingerprint density at radius 1 is 1.04 bits per heavy atom. The van der Waals surface area contributed by atoms with Crippen molar-refractivity contribution in [1.82, 2.24) is 15.1 Å². The number of rotatable bonds is 3. The number of amides is 2. The van der Waals surface area contributed by atoms with Gasteiger partial charge in [-0.25, -0.2) is 4.79 Å². The standard InChI is InChI=1S/C17H33N5O3.HI/c1-16(2,3)13(23)19-7-8-20-14(18)21-9-11-22(12-10-21)15(24)25-17(4,5)6;/h7-12H2,1-6H3,(H2,18,20)(H,19,23);1H. The molecule has 1 heterocycles. The Bertz CT molecular complexity index is 504. The molecule has 0 aromatic rings. The molecule has 0 aromatic carbocycles. The van der Waals surface area contributed by atoms with Crippen LogP contribution < -0.4 is 11.1 Å². The summed E-state index contributed by atoms with van der Waals surface area (Å²) >= 11 is 0. The molecule has 1 saturated heterocycles. The van der Waals surface area contributed by atoms with Crippen LogP contribution in [-0.4, -0.2) is 72.6 Å². The van der Waals surface area contributed by atoms with E-state index in [9.17, 15) is 9.59 Å². The highest BCUT2D eigenvalue weighted by Crippen LogP contribution is 2.12. The third kappa shape index (κ3) is 8.91. The first-order valence-corrected chi connectivity index (χ1v) is 8.71. The van der Waals surface area contributed by atoms with E-state index in [-0.39, 0.29) is 36.0 Å². The van der Waals surface area contributed by atoms with Crippen LogP contribution in [-0.2, 0) is 9.53 Å². The quantitative estimate of drug-likeness (QED) is 0.275. The van der Waals surface area contributed by atoms with Crippen molar-refractivity contribution in [2.75, 3.05) is 39.3 Å². The zero-order valence-electron chi connectivity index (χ0n) is 16.8. The second kappa shape index (κ2) is 10.2. The minimum Gasteiger partial charge on any atom is -0.444 e. The number of nitrogens with two attached hydrogens (primary N) is 1. The van der Waals surface area contributed by atoms with Gasteiger partial charge in [-0.2, -0.15) is 0 Å². The molecule has 1 aliphatic rings. The molecule has 1 aliphatic heterocycles. The molecular weight excluding hydrogens is 449 g/mol. The number of aliphatic imine (C=N–C) groups is 1. The molecule has 2 amide bonds. The number of carbonyl (C=O) groups excluding carboxylic acids is 2. The fourth-order valence-electron chi connectivity index (χ4n) is 2.15. The number of nitrogens with zero attached hydrogens (tertiary/aromatic N) is 3. The monoisotopic (exact) mass is 483 g/mol. The van der Waals surface area contributed by atoms with Crippen molar-refractivity contribution in [3.63, 3.8) is 0 Å². The van der Waals surface area contributed by atoms with Crippen LogP contribution >= 0.6 is 24.0 Å². The normalized spacial score (nSPS) is 16.0. The SMILES string of the molecule is CC(C)(C)OC(=O)N1CCN(C(N)=NCCNC(=O)C(C)(C)C)CC1.I. The van der Waals surface area contributed by atoms with E-state index in [0.29, 0.717) is 45.2 Å². The van der Waals surface area contributed by atoms with Gasteiger partial charge in [0.1, 0.15) is 5.60 Å². The molecule has 0 saturated carbocycles. The number of carbonyl (C=O) groups is 2. The first kappa shape index (κ1) is 24.7. The molecule has 0 radical (unpaired) electrons. The summed E-state index contributed by atoms with van der Waals surface area (Å²) in [5.41, 5.74) is 5.10. The van der Waals surface area contributed by atoms with Gasteiger partial charge in [0.25, 0.3) is 0 Å². The van der Waals surface area contributed by atoms with Gasteiger partial charge in [-0.3, -0.25) is 9.79 Å². The van der Waals surface area contributed by atoms with E-state index in [4.69, 9.17) is 10.5 Å². The Morgan fingerprint density at radius 3 is 2.00 bits per heavy atom. The lowest BCUT2D eigenvalue weighted by molar-refractivity contribution is -0.128. The molecule has 1 fully saturated rings. The van der Waals surface area contributed by atoms with Gasteiger partial charge in [0, 0.05) is 38.1 Å². The summed E-state index contributed by atoms with van der Waals surface area (Å²) < 4.78 is 5.37. The molecule has 0 spiro atoms. The van der Waals surface area contributed by atoms with Crippen molar-refractivity contribution in [1.29, 1.82) is 0 Å². The van der Waals surface area contributed by atoms with E-state index in [1.807, 2.05) is 46.4 Å². The summed E-state index contributed by atoms with van der Waals surface area (Å²) in [6, 6.07) is 0. The summed E-state index contributed by atoms with van der Waals surface area (Å²) in [5, 5.41) is 2.84. The van der Waals surface area contributed by atoms with Gasteiger partial charge in [-0.05, 0) is 20.8 Å². The van der Waals surface area contributed by atoms with Crippen molar-refractivity contribution in [3.8, 4) is 0 Å². The Labute approximate surface area is 173 Å². The lowest BCUT2D eigenvalue weighted by Crippen LogP contribution is -2.53. The Kier molecular flexibility index (Phi) is 9.68. The van der Waals surface area contributed by atoms with Gasteiger partial charge in [0.05, 0.1) is 6.54 Å². The number of hydrogen-bond acceptors (Lipinski definition) is 4. The van der Waals surface area contributed by atoms with E-state index in [0.717, 1.165) is 0 Å². The first-order valence-electron chi connectivity index (χ1n) is 8.71. The Hall–Kier alpha value is -1.26. The molecular formula is C17H34IN5O3. The Balaban J connectivity index is 0.00000625. The second-order valence-corrected chi connectivity index (χ2v) is 8.20. The molecule has 3 N–H and O–H groups in total. The zero-order chi connectivity index (χ0) is 19.3. The van der Waals surface area contributed by atoms with Gasteiger partial charge in [-0.1, -0.05) is 20.8 Å². The maximum Gasteiger partial charge on any atom is 0.410 e. The third-order valence-corrected chi connectivity index (χ3v) is 3.61. The highest BCUT2D eigenvalue weighted by Gasteiger charge is 2.26. The largest absolute Gasteiger partial charge is 0.444 e. The predicted octanol–water partition coefficient (Wildman–Crippen LogP) is 1.63. The fraction of sp³-hybridized carbons (Fsp3) is 0.824. The van der Waals surface area contributed by atoms with Gasteiger partial charge >= 0.3 is 6.09 Å². The van der Waals surface area contributed by atoms with Crippen LogP contribution in [0, 0.1) is 5.41 Å². The molecule has 26 heavy (non-hydrogen) atoms. The van der Waals surface area contributed by atoms with Gasteiger partial charge in [0.2, 0.25) is 5.91 Å². The zero-order valence-corrected chi connectivity index (χ0v) is 19.1. The van der Waals surface area contributed by atoms with Crippen LogP contribution in [0.15, 0.2) is 4.99 Å². The topological polar surface area (TPSA) is 100 Å². The van der Waals surface area contributed by atoms with E-state index in [2.05, 4.69) is 10.3 Å². The van der Waals surface area contributed by atoms with E-state index in [1.165, 1.54) is 0 Å². The van der Waals surface area contributed by atoms with E-state index in [1.54, 1.807) is 4.90 Å². The molecule has 0 bridgehead atoms. The first-order chi connectivity index (χ1) is 11.4. The number of piperazine rings is 1. The summed E-state index contributed by atoms with van der Waals surface area (Å²) in [6.07, 6.45) is -0.299. The lowest BCUT2D eigenvalue weighted by atomic mass is 9.96. The predicted molar refractivity (Wildman–Crippen MR) is 114 cm³/mol. The van der Waals surface area contributed by atoms with Gasteiger partial charge in [-0.15, -0.1) is 24.0 Å². The van der Waals surface area contributed by atoms with Crippen molar-refractivity contribution in [2.45, 2.75) is 47.1 Å². The molecule has 0 unspecified atom stereocenters. The van der Waals surface area contributed by atoms with Gasteiger partial charge in [0.15, 0.2) is 5.96 Å². The van der Waals surface area contributed by atoms with Crippen LogP contribution in [0.3, 0.4) is 0 Å². The van der Waals surface area contributed by atoms with Crippen molar-refractivity contribution < 1.29 is 14.3 Å². The van der Waals surface area contributed by atoms with E-state index >= 15 is 0 Å². The summed E-state index contributed by atoms with van der Waals surface area (Å²) in [7, 11) is 0.